The van der Waals surface area contributed by atoms with E-state index in [9.17, 15) is 4.79 Å². The van der Waals surface area contributed by atoms with Crippen LogP contribution in [-0.2, 0) is 9.47 Å². The van der Waals surface area contributed by atoms with Crippen molar-refractivity contribution in [3.05, 3.63) is 72.8 Å². The van der Waals surface area contributed by atoms with Crippen LogP contribution >= 0.6 is 0 Å². The number of benzene rings is 3. The van der Waals surface area contributed by atoms with Gasteiger partial charge in [-0.25, -0.2) is 4.79 Å². The highest BCUT2D eigenvalue weighted by atomic mass is 16.8. The van der Waals surface area contributed by atoms with Crippen LogP contribution < -0.4 is 4.90 Å². The molecule has 1 saturated heterocycles. The van der Waals surface area contributed by atoms with Gasteiger partial charge in [0.25, 0.3) is 0 Å². The second-order valence-corrected chi connectivity index (χ2v) is 5.78. The molecule has 0 unspecified atom stereocenters. The zero-order valence-corrected chi connectivity index (χ0v) is 13.1. The molecule has 0 aliphatic carbocycles. The van der Waals surface area contributed by atoms with Crippen molar-refractivity contribution < 1.29 is 14.3 Å². The van der Waals surface area contributed by atoms with Crippen molar-refractivity contribution in [2.24, 2.45) is 0 Å². The number of nitrogens with zero attached hydrogens (tertiary/aromatic N) is 1. The predicted molar refractivity (Wildman–Crippen MR) is 93.6 cm³/mol. The molecule has 0 aromatic heterocycles. The largest absolute Gasteiger partial charge is 0.508 e. The van der Waals surface area contributed by atoms with E-state index in [0.717, 1.165) is 11.4 Å². The van der Waals surface area contributed by atoms with Crippen molar-refractivity contribution in [3.63, 3.8) is 0 Å². The average Bonchev–Trinajstić information content (AvgIpc) is 3.05. The Balaban J connectivity index is 1.71. The van der Waals surface area contributed by atoms with E-state index in [4.69, 9.17) is 9.47 Å². The molecule has 1 atom stereocenters. The van der Waals surface area contributed by atoms with Gasteiger partial charge in [-0.15, -0.1) is 0 Å². The molecule has 4 rings (SSSR count). The molecule has 4 heteroatoms. The van der Waals surface area contributed by atoms with Gasteiger partial charge < -0.3 is 14.4 Å². The molecule has 0 bridgehead atoms. The van der Waals surface area contributed by atoms with Crippen LogP contribution in [0.1, 0.15) is 0 Å². The quantitative estimate of drug-likeness (QED) is 0.663. The van der Waals surface area contributed by atoms with Crippen molar-refractivity contribution >= 4 is 28.3 Å². The van der Waals surface area contributed by atoms with E-state index < -0.39 is 6.16 Å². The van der Waals surface area contributed by atoms with E-state index in [-0.39, 0.29) is 12.7 Å². The molecule has 1 aliphatic rings. The summed E-state index contributed by atoms with van der Waals surface area (Å²) in [5.74, 6) is 0. The van der Waals surface area contributed by atoms with E-state index in [0.29, 0.717) is 6.54 Å². The predicted octanol–water partition coefficient (Wildman–Crippen LogP) is 4.51. The van der Waals surface area contributed by atoms with Crippen molar-refractivity contribution in [2.75, 3.05) is 18.1 Å². The molecule has 3 aromatic rings. The lowest BCUT2D eigenvalue weighted by Crippen LogP contribution is -2.30. The number of hydrogen-bond donors (Lipinski definition) is 0. The third-order valence-corrected chi connectivity index (χ3v) is 4.15. The van der Waals surface area contributed by atoms with Gasteiger partial charge in [-0.05, 0) is 35.0 Å². The number of fused-ring (bicyclic) bond motifs is 1. The van der Waals surface area contributed by atoms with Crippen molar-refractivity contribution in [1.29, 1.82) is 0 Å². The first-order chi connectivity index (χ1) is 11.8. The molecule has 0 amide bonds. The van der Waals surface area contributed by atoms with Gasteiger partial charge in [0.2, 0.25) is 0 Å². The smallest absolute Gasteiger partial charge is 0.430 e. The lowest BCUT2D eigenvalue weighted by atomic mass is 10.1. The second kappa shape index (κ2) is 6.24. The number of carbonyl (C=O) groups is 1. The van der Waals surface area contributed by atoms with E-state index in [1.807, 2.05) is 42.5 Å². The zero-order valence-electron chi connectivity index (χ0n) is 13.1. The summed E-state index contributed by atoms with van der Waals surface area (Å²) in [6.45, 7) is 0.837. The topological polar surface area (TPSA) is 38.8 Å². The molecule has 1 aliphatic heterocycles. The van der Waals surface area contributed by atoms with Crippen LogP contribution in [0.4, 0.5) is 16.2 Å². The summed E-state index contributed by atoms with van der Waals surface area (Å²) in [7, 11) is 0. The maximum absolute atomic E-state index is 11.2. The zero-order chi connectivity index (χ0) is 16.4. The molecule has 4 nitrogen and oxygen atoms in total. The number of carbonyl (C=O) groups excluding carboxylic acids is 1. The molecular weight excluding hydrogens is 302 g/mol. The molecule has 1 heterocycles. The fourth-order valence-electron chi connectivity index (χ4n) is 2.97. The maximum Gasteiger partial charge on any atom is 0.508 e. The Kier molecular flexibility index (Phi) is 3.79. The van der Waals surface area contributed by atoms with E-state index in [1.54, 1.807) is 0 Å². The van der Waals surface area contributed by atoms with Crippen molar-refractivity contribution in [2.45, 2.75) is 6.10 Å². The second-order valence-electron chi connectivity index (χ2n) is 5.78. The summed E-state index contributed by atoms with van der Waals surface area (Å²) >= 11 is 0. The highest BCUT2D eigenvalue weighted by Gasteiger charge is 2.27. The summed E-state index contributed by atoms with van der Waals surface area (Å²) in [5, 5.41) is 2.38. The SMILES string of the molecule is O=C1OC[C@@H](CN(c2ccccc2)c2ccc3ccccc3c2)O1. The molecule has 3 aromatic carbocycles. The number of para-hydroxylation sites is 1. The molecule has 0 N–H and O–H groups in total. The van der Waals surface area contributed by atoms with Crippen molar-refractivity contribution in [3.8, 4) is 0 Å². The Bertz CT molecular complexity index is 863. The summed E-state index contributed by atoms with van der Waals surface area (Å²) in [4.78, 5) is 13.4. The lowest BCUT2D eigenvalue weighted by Gasteiger charge is -2.27. The highest BCUT2D eigenvalue weighted by molar-refractivity contribution is 5.87. The van der Waals surface area contributed by atoms with Crippen LogP contribution in [0.25, 0.3) is 10.8 Å². The molecule has 0 radical (unpaired) electrons. The molecule has 1 fully saturated rings. The Morgan fingerprint density at radius 2 is 1.62 bits per heavy atom. The summed E-state index contributed by atoms with van der Waals surface area (Å²) in [5.41, 5.74) is 2.11. The molecule has 0 spiro atoms. The Morgan fingerprint density at radius 3 is 2.38 bits per heavy atom. The van der Waals surface area contributed by atoms with Crippen LogP contribution in [-0.4, -0.2) is 25.4 Å². The van der Waals surface area contributed by atoms with Gasteiger partial charge in [0, 0.05) is 11.4 Å². The molecule has 0 saturated carbocycles. The van der Waals surface area contributed by atoms with Crippen LogP contribution in [0.2, 0.25) is 0 Å². The number of cyclic esters (lactones) is 2. The lowest BCUT2D eigenvalue weighted by molar-refractivity contribution is 0.119. The number of hydrogen-bond acceptors (Lipinski definition) is 4. The first-order valence-corrected chi connectivity index (χ1v) is 7.94. The Hall–Kier alpha value is -3.01. The monoisotopic (exact) mass is 319 g/mol. The first-order valence-electron chi connectivity index (χ1n) is 7.94. The van der Waals surface area contributed by atoms with Crippen LogP contribution in [0.15, 0.2) is 72.8 Å². The number of anilines is 2. The first kappa shape index (κ1) is 14.6. The third kappa shape index (κ3) is 2.91. The minimum atomic E-state index is -0.591. The fraction of sp³-hybridized carbons (Fsp3) is 0.150. The standard InChI is InChI=1S/C20H17NO3/c22-20-23-14-19(24-20)13-21(17-8-2-1-3-9-17)18-11-10-15-6-4-5-7-16(15)12-18/h1-12,19H,13-14H2/t19-/m1/s1. The van der Waals surface area contributed by atoms with Crippen LogP contribution in [0.3, 0.4) is 0 Å². The van der Waals surface area contributed by atoms with Gasteiger partial charge in [-0.1, -0.05) is 48.5 Å². The minimum Gasteiger partial charge on any atom is -0.430 e. The van der Waals surface area contributed by atoms with Gasteiger partial charge in [-0.2, -0.15) is 0 Å². The molecular formula is C20H17NO3. The van der Waals surface area contributed by atoms with Gasteiger partial charge in [0.05, 0.1) is 6.54 Å². The average molecular weight is 319 g/mol. The number of rotatable bonds is 4. The Labute approximate surface area is 140 Å². The van der Waals surface area contributed by atoms with Gasteiger partial charge in [0.15, 0.2) is 6.10 Å². The van der Waals surface area contributed by atoms with Crippen LogP contribution in [0.5, 0.6) is 0 Å². The normalized spacial score (nSPS) is 16.7. The van der Waals surface area contributed by atoms with E-state index in [2.05, 4.69) is 35.2 Å². The summed E-state index contributed by atoms with van der Waals surface area (Å²) in [6, 6.07) is 24.7. The van der Waals surface area contributed by atoms with Crippen LogP contribution in [0, 0.1) is 0 Å². The van der Waals surface area contributed by atoms with Gasteiger partial charge in [-0.3, -0.25) is 0 Å². The highest BCUT2D eigenvalue weighted by Crippen LogP contribution is 2.29. The fourth-order valence-corrected chi connectivity index (χ4v) is 2.97. The van der Waals surface area contributed by atoms with E-state index >= 15 is 0 Å². The number of ether oxygens (including phenoxy) is 2. The maximum atomic E-state index is 11.2. The van der Waals surface area contributed by atoms with Gasteiger partial charge in [0.1, 0.15) is 6.61 Å². The Morgan fingerprint density at radius 1 is 0.875 bits per heavy atom. The third-order valence-electron chi connectivity index (χ3n) is 4.15. The molecule has 24 heavy (non-hydrogen) atoms. The summed E-state index contributed by atoms with van der Waals surface area (Å²) in [6.07, 6.45) is -0.865. The van der Waals surface area contributed by atoms with Crippen molar-refractivity contribution in [1.82, 2.24) is 0 Å². The van der Waals surface area contributed by atoms with Gasteiger partial charge >= 0.3 is 6.16 Å². The molecule has 120 valence electrons. The summed E-state index contributed by atoms with van der Waals surface area (Å²) < 4.78 is 10.1. The van der Waals surface area contributed by atoms with E-state index in [1.165, 1.54) is 10.8 Å². The minimum absolute atomic E-state index is 0.274.